The molecule has 0 amide bonds. The van der Waals surface area contributed by atoms with Gasteiger partial charge in [0.25, 0.3) is 0 Å². The molecule has 0 spiro atoms. The Kier molecular flexibility index (Phi) is 5.85. The molecule has 5 atom stereocenters. The van der Waals surface area contributed by atoms with Gasteiger partial charge >= 0.3 is 0 Å². The summed E-state index contributed by atoms with van der Waals surface area (Å²) in [6.45, 7) is 3.25. The van der Waals surface area contributed by atoms with Gasteiger partial charge in [-0.05, 0) is 43.5 Å². The number of aliphatic hydroxyl groups is 2. The maximum atomic E-state index is 14.7. The minimum Gasteiger partial charge on any atom is -0.396 e. The van der Waals surface area contributed by atoms with Crippen molar-refractivity contribution in [1.82, 2.24) is 14.5 Å². The maximum Gasteiger partial charge on any atom is 0.164 e. The van der Waals surface area contributed by atoms with Crippen LogP contribution in [0, 0.1) is 5.82 Å². The minimum absolute atomic E-state index is 0.0104. The summed E-state index contributed by atoms with van der Waals surface area (Å²) in [4.78, 5) is 8.32. The van der Waals surface area contributed by atoms with Gasteiger partial charge in [-0.1, -0.05) is 29.3 Å². The summed E-state index contributed by atoms with van der Waals surface area (Å²) < 4.78 is 35.0. The van der Waals surface area contributed by atoms with Crippen LogP contribution >= 0.6 is 23.2 Å². The lowest BCUT2D eigenvalue weighted by Crippen LogP contribution is -2.34. The van der Waals surface area contributed by atoms with Gasteiger partial charge in [-0.3, -0.25) is 0 Å². The van der Waals surface area contributed by atoms with Gasteiger partial charge in [0.15, 0.2) is 12.0 Å². The van der Waals surface area contributed by atoms with Gasteiger partial charge in [0.05, 0.1) is 10.4 Å². The highest BCUT2D eigenvalue weighted by molar-refractivity contribution is 6.33. The molecule has 176 valence electrons. The van der Waals surface area contributed by atoms with Crippen LogP contribution < -0.4 is 0 Å². The summed E-state index contributed by atoms with van der Waals surface area (Å²) in [7, 11) is 0. The first-order valence-corrected chi connectivity index (χ1v) is 11.2. The zero-order valence-electron chi connectivity index (χ0n) is 17.8. The van der Waals surface area contributed by atoms with Crippen molar-refractivity contribution in [2.24, 2.45) is 0 Å². The van der Waals surface area contributed by atoms with E-state index in [4.69, 9.17) is 37.4 Å². The van der Waals surface area contributed by atoms with Crippen LogP contribution in [-0.2, 0) is 20.6 Å². The van der Waals surface area contributed by atoms with E-state index < -0.39 is 42.2 Å². The number of hydrogen-bond donors (Lipinski definition) is 2. The fraction of sp³-hybridized carbons (Fsp3) is 0.455. The van der Waals surface area contributed by atoms with Gasteiger partial charge in [-0.25, -0.2) is 14.4 Å². The molecule has 0 saturated carbocycles. The van der Waals surface area contributed by atoms with Crippen molar-refractivity contribution >= 4 is 34.2 Å². The van der Waals surface area contributed by atoms with Crippen molar-refractivity contribution in [1.29, 1.82) is 0 Å². The summed E-state index contributed by atoms with van der Waals surface area (Å²) in [5, 5.41) is 21.6. The van der Waals surface area contributed by atoms with Crippen molar-refractivity contribution in [3.8, 4) is 0 Å². The molecule has 0 bridgehead atoms. The van der Waals surface area contributed by atoms with Gasteiger partial charge in [0, 0.05) is 12.8 Å². The van der Waals surface area contributed by atoms with Crippen LogP contribution in [0.3, 0.4) is 0 Å². The Morgan fingerprint density at radius 2 is 1.94 bits per heavy atom. The van der Waals surface area contributed by atoms with E-state index in [0.29, 0.717) is 16.2 Å². The number of nitrogens with zero attached hydrogens (tertiary/aromatic N) is 3. The summed E-state index contributed by atoms with van der Waals surface area (Å²) in [5.41, 5.74) is 0.942. The first kappa shape index (κ1) is 22.9. The number of ether oxygens (including phenoxy) is 3. The van der Waals surface area contributed by atoms with E-state index in [1.807, 2.05) is 0 Å². The van der Waals surface area contributed by atoms with Crippen molar-refractivity contribution in [2.75, 3.05) is 6.61 Å². The molecule has 2 aromatic heterocycles. The Labute approximate surface area is 198 Å². The second-order valence-electron chi connectivity index (χ2n) is 8.53. The number of hydrogen-bond acceptors (Lipinski definition) is 7. The molecular formula is C22H22Cl2FN3O5. The third kappa shape index (κ3) is 3.81. The quantitative estimate of drug-likeness (QED) is 0.519. The summed E-state index contributed by atoms with van der Waals surface area (Å²) >= 11 is 12.1. The van der Waals surface area contributed by atoms with Crippen molar-refractivity contribution in [3.63, 3.8) is 0 Å². The molecule has 2 aliphatic rings. The van der Waals surface area contributed by atoms with E-state index in [1.165, 1.54) is 18.5 Å². The number of aromatic nitrogens is 3. The first-order valence-electron chi connectivity index (χ1n) is 10.5. The van der Waals surface area contributed by atoms with E-state index in [0.717, 1.165) is 0 Å². The number of rotatable bonds is 5. The molecule has 4 heterocycles. The van der Waals surface area contributed by atoms with E-state index in [1.54, 1.807) is 30.7 Å². The molecule has 8 nitrogen and oxygen atoms in total. The average molecular weight is 498 g/mol. The lowest BCUT2D eigenvalue weighted by Gasteiger charge is -2.28. The smallest absolute Gasteiger partial charge is 0.164 e. The lowest BCUT2D eigenvalue weighted by molar-refractivity contribution is -0.207. The maximum absolute atomic E-state index is 14.7. The first-order chi connectivity index (χ1) is 15.7. The largest absolute Gasteiger partial charge is 0.396 e. The van der Waals surface area contributed by atoms with Crippen LogP contribution in [-0.4, -0.2) is 55.5 Å². The molecule has 2 aliphatic heterocycles. The standard InChI is InChI=1S/C22H22Cl2FN3O5/c1-22(2)32-17-16(15(30)11-3-4-13(23)14(25)10(11)6-8-29)31-21(18(17)33-22)28-7-5-12-19(24)26-9-27-20(12)28/h3-5,7,9,15-18,21,29-30H,6,8H2,1-2H3/t15-,16?,17-,18-,21-/m1/s1. The van der Waals surface area contributed by atoms with Gasteiger partial charge in [0.1, 0.15) is 47.4 Å². The second-order valence-corrected chi connectivity index (χ2v) is 9.29. The van der Waals surface area contributed by atoms with Crippen molar-refractivity contribution in [2.45, 2.75) is 56.7 Å². The highest BCUT2D eigenvalue weighted by Crippen LogP contribution is 2.47. The molecule has 0 aliphatic carbocycles. The lowest BCUT2D eigenvalue weighted by atomic mass is 9.93. The molecular weight excluding hydrogens is 476 g/mol. The Morgan fingerprint density at radius 1 is 1.18 bits per heavy atom. The molecule has 2 fully saturated rings. The van der Waals surface area contributed by atoms with E-state index >= 15 is 0 Å². The molecule has 1 aromatic carbocycles. The third-order valence-electron chi connectivity index (χ3n) is 6.02. The Bertz CT molecular complexity index is 1210. The van der Waals surface area contributed by atoms with Crippen LogP contribution in [0.25, 0.3) is 11.0 Å². The molecule has 2 N–H and O–H groups in total. The topological polar surface area (TPSA) is 98.9 Å². The van der Waals surface area contributed by atoms with Crippen LogP contribution in [0.1, 0.15) is 37.3 Å². The summed E-state index contributed by atoms with van der Waals surface area (Å²) in [5.74, 6) is -1.61. The molecule has 0 radical (unpaired) electrons. The molecule has 1 unspecified atom stereocenters. The minimum atomic E-state index is -1.27. The Hall–Kier alpha value is -1.85. The molecule has 11 heteroatoms. The molecule has 2 saturated heterocycles. The van der Waals surface area contributed by atoms with Gasteiger partial charge in [-0.2, -0.15) is 0 Å². The predicted octanol–water partition coefficient (Wildman–Crippen LogP) is 3.56. The average Bonchev–Trinajstić information content (AvgIpc) is 3.42. The van der Waals surface area contributed by atoms with E-state index in [2.05, 4.69) is 9.97 Å². The monoisotopic (exact) mass is 497 g/mol. The van der Waals surface area contributed by atoms with Crippen LogP contribution in [0.4, 0.5) is 4.39 Å². The predicted molar refractivity (Wildman–Crippen MR) is 117 cm³/mol. The molecule has 5 rings (SSSR count). The molecule has 33 heavy (non-hydrogen) atoms. The highest BCUT2D eigenvalue weighted by atomic mass is 35.5. The van der Waals surface area contributed by atoms with Crippen molar-refractivity contribution in [3.05, 3.63) is 57.8 Å². The van der Waals surface area contributed by atoms with Gasteiger partial charge < -0.3 is 29.0 Å². The van der Waals surface area contributed by atoms with Crippen molar-refractivity contribution < 1.29 is 28.8 Å². The fourth-order valence-electron chi connectivity index (χ4n) is 4.66. The highest BCUT2D eigenvalue weighted by Gasteiger charge is 2.58. The summed E-state index contributed by atoms with van der Waals surface area (Å²) in [6.07, 6.45) is -0.994. The number of benzene rings is 1. The number of fused-ring (bicyclic) bond motifs is 2. The normalized spacial score (nSPS) is 27.2. The van der Waals surface area contributed by atoms with Gasteiger partial charge in [0.2, 0.25) is 0 Å². The third-order valence-corrected chi connectivity index (χ3v) is 6.62. The SMILES string of the molecule is CC1(C)O[C@@H]2[C@H](O1)C([C@H](O)c1ccc(Cl)c(F)c1CCO)O[C@H]2n1ccc2c(Cl)ncnc21. The Balaban J connectivity index is 1.55. The zero-order valence-corrected chi connectivity index (χ0v) is 19.3. The van der Waals surface area contributed by atoms with E-state index in [-0.39, 0.29) is 29.2 Å². The molecule has 3 aromatic rings. The number of aliphatic hydroxyl groups excluding tert-OH is 2. The van der Waals surface area contributed by atoms with Crippen LogP contribution in [0.2, 0.25) is 10.2 Å². The van der Waals surface area contributed by atoms with Crippen LogP contribution in [0.15, 0.2) is 30.7 Å². The van der Waals surface area contributed by atoms with Gasteiger partial charge in [-0.15, -0.1) is 0 Å². The zero-order chi connectivity index (χ0) is 23.5. The fourth-order valence-corrected chi connectivity index (χ4v) is 5.03. The van der Waals surface area contributed by atoms with E-state index in [9.17, 15) is 14.6 Å². The number of halogens is 3. The van der Waals surface area contributed by atoms with Crippen LogP contribution in [0.5, 0.6) is 0 Å². The Morgan fingerprint density at radius 3 is 2.70 bits per heavy atom. The summed E-state index contributed by atoms with van der Waals surface area (Å²) in [6, 6.07) is 4.68. The second kappa shape index (κ2) is 8.42.